The first-order valence-electron chi connectivity index (χ1n) is 6.47. The molecule has 0 spiro atoms. The third-order valence-electron chi connectivity index (χ3n) is 3.86. The second kappa shape index (κ2) is 4.23. The van der Waals surface area contributed by atoms with Crippen LogP contribution in [-0.4, -0.2) is 46.5 Å². The van der Waals surface area contributed by atoms with Crippen LogP contribution in [0.3, 0.4) is 0 Å². The van der Waals surface area contributed by atoms with Gasteiger partial charge < -0.3 is 9.80 Å². The van der Waals surface area contributed by atoms with Crippen molar-refractivity contribution in [3.8, 4) is 0 Å². The van der Waals surface area contributed by atoms with Crippen LogP contribution < -0.4 is 4.90 Å². The molecule has 2 aliphatic rings. The van der Waals surface area contributed by atoms with E-state index in [0.29, 0.717) is 12.1 Å². The van der Waals surface area contributed by atoms with E-state index in [0.717, 1.165) is 49.7 Å². The molecule has 18 heavy (non-hydrogen) atoms. The van der Waals surface area contributed by atoms with Gasteiger partial charge in [0.05, 0.1) is 0 Å². The fraction of sp³-hybridized carbons (Fsp3) is 0.615. The Kier molecular flexibility index (Phi) is 2.69. The quantitative estimate of drug-likeness (QED) is 0.728. The van der Waals surface area contributed by atoms with Crippen LogP contribution >= 0.6 is 0 Å². The summed E-state index contributed by atoms with van der Waals surface area (Å²) in [6.45, 7) is 5.61. The Hall–Kier alpha value is -1.65. The van der Waals surface area contributed by atoms with Gasteiger partial charge in [-0.3, -0.25) is 4.79 Å². The molecule has 1 amide bonds. The van der Waals surface area contributed by atoms with Gasteiger partial charge in [-0.25, -0.2) is 9.97 Å². The lowest BCUT2D eigenvalue weighted by Gasteiger charge is -2.39. The molecule has 5 nitrogen and oxygen atoms in total. The molecule has 2 aliphatic heterocycles. The molecule has 1 aromatic rings. The minimum atomic E-state index is 0.384. The van der Waals surface area contributed by atoms with Crippen molar-refractivity contribution in [2.75, 3.05) is 18.0 Å². The number of carbonyl (C=O) groups excluding carboxylic acids is 1. The van der Waals surface area contributed by atoms with Crippen molar-refractivity contribution in [2.24, 2.45) is 0 Å². The molecule has 5 heteroatoms. The van der Waals surface area contributed by atoms with Crippen LogP contribution in [0.5, 0.6) is 0 Å². The summed E-state index contributed by atoms with van der Waals surface area (Å²) in [5.74, 6) is 0.838. The van der Waals surface area contributed by atoms with Gasteiger partial charge in [0.1, 0.15) is 0 Å². The smallest absolute Gasteiger partial charge is 0.226 e. The van der Waals surface area contributed by atoms with E-state index in [1.165, 1.54) is 0 Å². The van der Waals surface area contributed by atoms with Crippen LogP contribution in [0.4, 0.5) is 5.95 Å². The number of hydrogen-bond acceptors (Lipinski definition) is 4. The summed E-state index contributed by atoms with van der Waals surface area (Å²) in [6.07, 6.45) is 3.22. The van der Waals surface area contributed by atoms with Gasteiger partial charge in [-0.15, -0.1) is 0 Å². The van der Waals surface area contributed by atoms with Crippen LogP contribution in [0.25, 0.3) is 0 Å². The van der Waals surface area contributed by atoms with Crippen LogP contribution in [0, 0.1) is 13.8 Å². The zero-order chi connectivity index (χ0) is 12.7. The fourth-order valence-electron chi connectivity index (χ4n) is 3.17. The van der Waals surface area contributed by atoms with Crippen molar-refractivity contribution in [2.45, 2.75) is 38.8 Å². The number of rotatable bonds is 2. The first kappa shape index (κ1) is 11.4. The predicted molar refractivity (Wildman–Crippen MR) is 68.4 cm³/mol. The summed E-state index contributed by atoms with van der Waals surface area (Å²) in [5, 5.41) is 0. The lowest BCUT2D eigenvalue weighted by Crippen LogP contribution is -2.54. The van der Waals surface area contributed by atoms with Crippen molar-refractivity contribution < 1.29 is 4.79 Å². The van der Waals surface area contributed by atoms with Crippen molar-refractivity contribution in [1.29, 1.82) is 0 Å². The van der Waals surface area contributed by atoms with Crippen LogP contribution in [0.2, 0.25) is 0 Å². The highest BCUT2D eigenvalue weighted by molar-refractivity contribution is 5.50. The Bertz CT molecular complexity index is 442. The molecular formula is C13H18N4O. The van der Waals surface area contributed by atoms with Gasteiger partial charge in [-0.1, -0.05) is 0 Å². The van der Waals surface area contributed by atoms with Crippen LogP contribution in [-0.2, 0) is 4.79 Å². The zero-order valence-electron chi connectivity index (χ0n) is 10.8. The summed E-state index contributed by atoms with van der Waals surface area (Å²) >= 11 is 0. The molecule has 2 atom stereocenters. The Labute approximate surface area is 107 Å². The highest BCUT2D eigenvalue weighted by atomic mass is 16.1. The van der Waals surface area contributed by atoms with Gasteiger partial charge in [-0.05, 0) is 32.8 Å². The third kappa shape index (κ3) is 1.83. The number of hydrogen-bond donors (Lipinski definition) is 0. The topological polar surface area (TPSA) is 49.3 Å². The molecule has 0 saturated carbocycles. The maximum Gasteiger partial charge on any atom is 0.226 e. The molecule has 2 unspecified atom stereocenters. The van der Waals surface area contributed by atoms with E-state index in [4.69, 9.17) is 0 Å². The Morgan fingerprint density at radius 1 is 1.17 bits per heavy atom. The highest BCUT2D eigenvalue weighted by Crippen LogP contribution is 2.32. The number of piperazine rings is 1. The van der Waals surface area contributed by atoms with Crippen molar-refractivity contribution >= 4 is 12.4 Å². The minimum Gasteiger partial charge on any atom is -0.341 e. The monoisotopic (exact) mass is 246 g/mol. The van der Waals surface area contributed by atoms with E-state index in [2.05, 4.69) is 14.9 Å². The van der Waals surface area contributed by atoms with E-state index >= 15 is 0 Å². The zero-order valence-corrected chi connectivity index (χ0v) is 10.8. The second-order valence-electron chi connectivity index (χ2n) is 5.30. The molecule has 2 fully saturated rings. The van der Waals surface area contributed by atoms with Gasteiger partial charge in [0.2, 0.25) is 12.4 Å². The number of nitrogens with zero attached hydrogens (tertiary/aromatic N) is 4. The van der Waals surface area contributed by atoms with E-state index in [-0.39, 0.29) is 0 Å². The largest absolute Gasteiger partial charge is 0.341 e. The fourth-order valence-corrected chi connectivity index (χ4v) is 3.17. The molecule has 0 aromatic carbocycles. The van der Waals surface area contributed by atoms with Crippen LogP contribution in [0.15, 0.2) is 6.07 Å². The second-order valence-corrected chi connectivity index (χ2v) is 5.30. The maximum absolute atomic E-state index is 10.9. The Morgan fingerprint density at radius 2 is 1.72 bits per heavy atom. The number of amides is 1. The number of aromatic nitrogens is 2. The van der Waals surface area contributed by atoms with Gasteiger partial charge in [0, 0.05) is 36.6 Å². The number of aryl methyl sites for hydroxylation is 2. The standard InChI is InChI=1S/C13H18N4O/c1-9-5-10(2)15-13(14-9)17-11-3-4-12(17)7-16(6-11)8-18/h5,8,11-12H,3-4,6-7H2,1-2H3. The van der Waals surface area contributed by atoms with Gasteiger partial charge in [0.15, 0.2) is 0 Å². The minimum absolute atomic E-state index is 0.384. The number of likely N-dealkylation sites (tertiary alicyclic amines) is 1. The van der Waals surface area contributed by atoms with Crippen molar-refractivity contribution in [1.82, 2.24) is 14.9 Å². The molecule has 0 N–H and O–H groups in total. The molecule has 0 radical (unpaired) electrons. The van der Waals surface area contributed by atoms with Gasteiger partial charge >= 0.3 is 0 Å². The normalized spacial score (nSPS) is 26.6. The average molecular weight is 246 g/mol. The van der Waals surface area contributed by atoms with Gasteiger partial charge in [0.25, 0.3) is 0 Å². The SMILES string of the molecule is Cc1cc(C)nc(N2C3CCC2CN(C=O)C3)n1. The van der Waals surface area contributed by atoms with E-state index < -0.39 is 0 Å². The lowest BCUT2D eigenvalue weighted by atomic mass is 10.2. The lowest BCUT2D eigenvalue weighted by molar-refractivity contribution is -0.119. The number of fused-ring (bicyclic) bond motifs is 2. The summed E-state index contributed by atoms with van der Waals surface area (Å²) in [6, 6.07) is 2.76. The molecule has 1 aromatic heterocycles. The Morgan fingerprint density at radius 3 is 2.22 bits per heavy atom. The van der Waals surface area contributed by atoms with Crippen LogP contribution in [0.1, 0.15) is 24.2 Å². The molecule has 0 aliphatic carbocycles. The predicted octanol–water partition coefficient (Wildman–Crippen LogP) is 0.903. The molecule has 2 bridgehead atoms. The summed E-state index contributed by atoms with van der Waals surface area (Å²) in [4.78, 5) is 24.2. The van der Waals surface area contributed by atoms with Crippen molar-refractivity contribution in [3.63, 3.8) is 0 Å². The van der Waals surface area contributed by atoms with E-state index in [1.807, 2.05) is 24.8 Å². The van der Waals surface area contributed by atoms with Crippen molar-refractivity contribution in [3.05, 3.63) is 17.5 Å². The molecule has 3 heterocycles. The third-order valence-corrected chi connectivity index (χ3v) is 3.86. The molecule has 2 saturated heterocycles. The van der Waals surface area contributed by atoms with E-state index in [1.54, 1.807) is 0 Å². The molecular weight excluding hydrogens is 228 g/mol. The average Bonchev–Trinajstić information content (AvgIpc) is 2.59. The molecule has 3 rings (SSSR count). The first-order valence-corrected chi connectivity index (χ1v) is 6.47. The summed E-state index contributed by atoms with van der Waals surface area (Å²) in [5.41, 5.74) is 2.02. The first-order chi connectivity index (χ1) is 8.67. The summed E-state index contributed by atoms with van der Waals surface area (Å²) in [7, 11) is 0. The maximum atomic E-state index is 10.9. The molecule has 96 valence electrons. The Balaban J connectivity index is 1.91. The highest BCUT2D eigenvalue weighted by Gasteiger charge is 2.40. The number of anilines is 1. The summed E-state index contributed by atoms with van der Waals surface area (Å²) < 4.78 is 0. The number of carbonyl (C=O) groups is 1. The van der Waals surface area contributed by atoms with Gasteiger partial charge in [-0.2, -0.15) is 0 Å². The van der Waals surface area contributed by atoms with E-state index in [9.17, 15) is 4.79 Å².